The summed E-state index contributed by atoms with van der Waals surface area (Å²) in [6, 6.07) is 8.76. The Morgan fingerprint density at radius 1 is 1.35 bits per heavy atom. The quantitative estimate of drug-likeness (QED) is 0.921. The summed E-state index contributed by atoms with van der Waals surface area (Å²) in [5.41, 5.74) is 0.563. The van der Waals surface area contributed by atoms with Crippen LogP contribution in [0.2, 0.25) is 0 Å². The van der Waals surface area contributed by atoms with Gasteiger partial charge in [-0.3, -0.25) is 4.79 Å². The highest BCUT2D eigenvalue weighted by atomic mass is 79.9. The average Bonchev–Trinajstić information content (AvgIpc) is 2.85. The van der Waals surface area contributed by atoms with Crippen molar-refractivity contribution in [2.45, 2.75) is 19.9 Å². The summed E-state index contributed by atoms with van der Waals surface area (Å²) in [7, 11) is 1.58. The third-order valence-corrected chi connectivity index (χ3v) is 3.57. The Kier molecular flexibility index (Phi) is 4.49. The Bertz CT molecular complexity index is 621. The molecule has 1 aromatic carbocycles. The number of nitrogens with one attached hydrogen (secondary N) is 1. The second-order valence-electron chi connectivity index (χ2n) is 4.49. The van der Waals surface area contributed by atoms with Gasteiger partial charge in [-0.1, -0.05) is 0 Å². The summed E-state index contributed by atoms with van der Waals surface area (Å²) in [6.07, 6.45) is 0. The molecule has 1 unspecified atom stereocenters. The molecule has 1 heterocycles. The number of carbonyl (C=O) groups is 1. The molecule has 1 atom stereocenters. The van der Waals surface area contributed by atoms with Crippen molar-refractivity contribution in [1.29, 1.82) is 0 Å². The van der Waals surface area contributed by atoms with Crippen LogP contribution in [0, 0.1) is 6.92 Å². The van der Waals surface area contributed by atoms with Crippen LogP contribution in [0.5, 0.6) is 5.75 Å². The van der Waals surface area contributed by atoms with Gasteiger partial charge < -0.3 is 14.5 Å². The number of carbonyl (C=O) groups excluding carboxylic acids is 1. The van der Waals surface area contributed by atoms with E-state index in [4.69, 9.17) is 9.15 Å². The number of benzene rings is 1. The molecule has 0 aliphatic heterocycles. The van der Waals surface area contributed by atoms with Crippen molar-refractivity contribution in [3.8, 4) is 5.75 Å². The van der Waals surface area contributed by atoms with Gasteiger partial charge in [-0.2, -0.15) is 0 Å². The first-order valence-corrected chi connectivity index (χ1v) is 7.01. The van der Waals surface area contributed by atoms with Crippen LogP contribution in [0.25, 0.3) is 0 Å². The molecule has 1 aromatic heterocycles. The van der Waals surface area contributed by atoms with Crippen LogP contribution in [0.3, 0.4) is 0 Å². The fourth-order valence-corrected chi connectivity index (χ4v) is 2.39. The van der Waals surface area contributed by atoms with Gasteiger partial charge in [0.2, 0.25) is 0 Å². The molecule has 20 heavy (non-hydrogen) atoms. The molecule has 0 bridgehead atoms. The van der Waals surface area contributed by atoms with Crippen molar-refractivity contribution < 1.29 is 13.9 Å². The van der Waals surface area contributed by atoms with Gasteiger partial charge in [0.25, 0.3) is 5.91 Å². The number of halogens is 1. The molecule has 1 amide bonds. The van der Waals surface area contributed by atoms with Gasteiger partial charge in [0.1, 0.15) is 17.3 Å². The van der Waals surface area contributed by atoms with Crippen LogP contribution in [0.15, 0.2) is 39.2 Å². The Morgan fingerprint density at radius 3 is 2.65 bits per heavy atom. The maximum absolute atomic E-state index is 12.2. The molecule has 5 heteroatoms. The minimum Gasteiger partial charge on any atom is -0.496 e. The van der Waals surface area contributed by atoms with Crippen LogP contribution < -0.4 is 10.1 Å². The lowest BCUT2D eigenvalue weighted by Gasteiger charge is -2.12. The lowest BCUT2D eigenvalue weighted by Crippen LogP contribution is -2.26. The van der Waals surface area contributed by atoms with Crippen LogP contribution in [-0.4, -0.2) is 13.0 Å². The summed E-state index contributed by atoms with van der Waals surface area (Å²) in [6.45, 7) is 3.76. The van der Waals surface area contributed by atoms with Gasteiger partial charge in [-0.15, -0.1) is 0 Å². The smallest absolute Gasteiger partial charge is 0.251 e. The Labute approximate surface area is 126 Å². The molecular formula is C15H16BrNO3. The zero-order valence-electron chi connectivity index (χ0n) is 11.6. The van der Waals surface area contributed by atoms with Crippen LogP contribution in [-0.2, 0) is 0 Å². The van der Waals surface area contributed by atoms with E-state index in [9.17, 15) is 4.79 Å². The van der Waals surface area contributed by atoms with E-state index in [-0.39, 0.29) is 11.9 Å². The largest absolute Gasteiger partial charge is 0.496 e. The van der Waals surface area contributed by atoms with Gasteiger partial charge >= 0.3 is 0 Å². The molecule has 4 nitrogen and oxygen atoms in total. The van der Waals surface area contributed by atoms with E-state index in [1.54, 1.807) is 25.3 Å². The second-order valence-corrected chi connectivity index (χ2v) is 5.35. The highest BCUT2D eigenvalue weighted by Gasteiger charge is 2.15. The average molecular weight is 338 g/mol. The van der Waals surface area contributed by atoms with Gasteiger partial charge in [-0.05, 0) is 60.1 Å². The molecule has 106 valence electrons. The van der Waals surface area contributed by atoms with E-state index in [0.717, 1.165) is 16.0 Å². The molecule has 0 saturated carbocycles. The van der Waals surface area contributed by atoms with Crippen molar-refractivity contribution in [3.05, 3.63) is 51.9 Å². The number of hydrogen-bond donors (Lipinski definition) is 1. The lowest BCUT2D eigenvalue weighted by atomic mass is 10.2. The predicted molar refractivity (Wildman–Crippen MR) is 80.0 cm³/mol. The fourth-order valence-electron chi connectivity index (χ4n) is 1.84. The molecule has 0 spiro atoms. The van der Waals surface area contributed by atoms with Gasteiger partial charge in [-0.25, -0.2) is 0 Å². The fraction of sp³-hybridized carbons (Fsp3) is 0.267. The van der Waals surface area contributed by atoms with E-state index in [1.807, 2.05) is 26.0 Å². The first-order chi connectivity index (χ1) is 9.51. The van der Waals surface area contributed by atoms with Gasteiger partial charge in [0.15, 0.2) is 0 Å². The molecule has 1 N–H and O–H groups in total. The number of hydrogen-bond acceptors (Lipinski definition) is 3. The maximum Gasteiger partial charge on any atom is 0.251 e. The third-order valence-electron chi connectivity index (χ3n) is 2.95. The molecule has 0 fully saturated rings. The molecular weight excluding hydrogens is 322 g/mol. The minimum absolute atomic E-state index is 0.157. The Hall–Kier alpha value is -1.75. The van der Waals surface area contributed by atoms with Crippen molar-refractivity contribution >= 4 is 21.8 Å². The van der Waals surface area contributed by atoms with Gasteiger partial charge in [0.05, 0.1) is 17.6 Å². The topological polar surface area (TPSA) is 51.5 Å². The van der Waals surface area contributed by atoms with Gasteiger partial charge in [0, 0.05) is 5.56 Å². The highest BCUT2D eigenvalue weighted by Crippen LogP contribution is 2.26. The SMILES string of the molecule is COc1ccc(C(=O)NC(C)c2ccc(C)o2)cc1Br. The van der Waals surface area contributed by atoms with Crippen molar-refractivity contribution in [2.24, 2.45) is 0 Å². The minimum atomic E-state index is -0.183. The molecule has 0 aliphatic carbocycles. The number of amides is 1. The summed E-state index contributed by atoms with van der Waals surface area (Å²) in [5, 5.41) is 2.90. The van der Waals surface area contributed by atoms with E-state index in [1.165, 1.54) is 0 Å². The van der Waals surface area contributed by atoms with Crippen molar-refractivity contribution in [2.75, 3.05) is 7.11 Å². The predicted octanol–water partition coefficient (Wildman–Crippen LogP) is 3.85. The lowest BCUT2D eigenvalue weighted by molar-refractivity contribution is 0.0935. The second kappa shape index (κ2) is 6.13. The Balaban J connectivity index is 2.10. The number of ether oxygens (including phenoxy) is 1. The van der Waals surface area contributed by atoms with Crippen molar-refractivity contribution in [1.82, 2.24) is 5.32 Å². The normalized spacial score (nSPS) is 12.0. The number of aryl methyl sites for hydroxylation is 1. The van der Waals surface area contributed by atoms with E-state index in [0.29, 0.717) is 11.3 Å². The summed E-state index contributed by atoms with van der Waals surface area (Å²) in [5.74, 6) is 2.10. The number of furan rings is 1. The third kappa shape index (κ3) is 3.22. The molecule has 0 saturated heterocycles. The number of rotatable bonds is 4. The maximum atomic E-state index is 12.2. The molecule has 2 rings (SSSR count). The standard InChI is InChI=1S/C15H16BrNO3/c1-9-4-6-13(20-9)10(2)17-15(18)11-5-7-14(19-3)12(16)8-11/h4-8,10H,1-3H3,(H,17,18). The monoisotopic (exact) mass is 337 g/mol. The first kappa shape index (κ1) is 14.7. The zero-order chi connectivity index (χ0) is 14.7. The van der Waals surface area contributed by atoms with E-state index < -0.39 is 0 Å². The Morgan fingerprint density at radius 2 is 2.10 bits per heavy atom. The van der Waals surface area contributed by atoms with Crippen LogP contribution in [0.4, 0.5) is 0 Å². The summed E-state index contributed by atoms with van der Waals surface area (Å²) < 4.78 is 11.4. The molecule has 2 aromatic rings. The van der Waals surface area contributed by atoms with E-state index in [2.05, 4.69) is 21.2 Å². The van der Waals surface area contributed by atoms with Crippen LogP contribution >= 0.6 is 15.9 Å². The zero-order valence-corrected chi connectivity index (χ0v) is 13.2. The highest BCUT2D eigenvalue weighted by molar-refractivity contribution is 9.10. The number of methoxy groups -OCH3 is 1. The van der Waals surface area contributed by atoms with E-state index >= 15 is 0 Å². The summed E-state index contributed by atoms with van der Waals surface area (Å²) >= 11 is 3.37. The van der Waals surface area contributed by atoms with Crippen molar-refractivity contribution in [3.63, 3.8) is 0 Å². The molecule has 0 radical (unpaired) electrons. The summed E-state index contributed by atoms with van der Waals surface area (Å²) in [4.78, 5) is 12.2. The van der Waals surface area contributed by atoms with Crippen LogP contribution in [0.1, 0.15) is 34.8 Å². The first-order valence-electron chi connectivity index (χ1n) is 6.22. The molecule has 0 aliphatic rings.